The number of halogens is 3. The Labute approximate surface area is 236 Å². The summed E-state index contributed by atoms with van der Waals surface area (Å²) in [6.07, 6.45) is 0.686. The SMILES string of the molecule is CCc1c(Cl)c(-c2ccc(-c3ccc(C)cc3F)s2)c2nsnc2c1-c1ccc(-c2ccc(C)cc2F)s1. The molecule has 38 heavy (non-hydrogen) atoms. The molecular weight excluding hydrogens is 558 g/mol. The van der Waals surface area contributed by atoms with E-state index in [9.17, 15) is 8.78 Å². The number of benzene rings is 3. The third-order valence-corrected chi connectivity index (χ3v) is 9.80. The normalized spacial score (nSPS) is 11.5. The Morgan fingerprint density at radius 3 is 1.66 bits per heavy atom. The lowest BCUT2D eigenvalue weighted by Crippen LogP contribution is -1.94. The van der Waals surface area contributed by atoms with Gasteiger partial charge in [0.1, 0.15) is 22.7 Å². The van der Waals surface area contributed by atoms with Gasteiger partial charge in [0.25, 0.3) is 0 Å². The van der Waals surface area contributed by atoms with Gasteiger partial charge in [-0.05, 0) is 73.4 Å². The van der Waals surface area contributed by atoms with E-state index in [1.807, 2.05) is 62.4 Å². The minimum absolute atomic E-state index is 0.235. The van der Waals surface area contributed by atoms with Gasteiger partial charge in [-0.2, -0.15) is 8.75 Å². The van der Waals surface area contributed by atoms with Crippen molar-refractivity contribution in [3.63, 3.8) is 0 Å². The number of fused-ring (bicyclic) bond motifs is 1. The predicted octanol–water partition coefficient (Wildman–Crippen LogP) is 10.6. The molecule has 2 nitrogen and oxygen atoms in total. The van der Waals surface area contributed by atoms with Crippen LogP contribution in [0.1, 0.15) is 23.6 Å². The van der Waals surface area contributed by atoms with E-state index in [1.54, 1.807) is 12.1 Å². The van der Waals surface area contributed by atoms with E-state index in [1.165, 1.54) is 22.7 Å². The Morgan fingerprint density at radius 2 is 1.16 bits per heavy atom. The maximum Gasteiger partial charge on any atom is 0.132 e. The number of aryl methyl sites for hydroxylation is 2. The summed E-state index contributed by atoms with van der Waals surface area (Å²) in [4.78, 5) is 3.56. The lowest BCUT2D eigenvalue weighted by atomic mass is 9.97. The number of hydrogen-bond donors (Lipinski definition) is 0. The summed E-state index contributed by atoms with van der Waals surface area (Å²) in [6.45, 7) is 5.82. The fraction of sp³-hybridized carbons (Fsp3) is 0.133. The zero-order valence-electron chi connectivity index (χ0n) is 20.7. The first-order valence-electron chi connectivity index (χ1n) is 12.1. The molecule has 0 aliphatic carbocycles. The Bertz CT molecular complexity index is 1830. The molecule has 0 amide bonds. The lowest BCUT2D eigenvalue weighted by Gasteiger charge is -2.14. The molecule has 0 aliphatic heterocycles. The second-order valence-electron chi connectivity index (χ2n) is 9.15. The number of aromatic nitrogens is 2. The van der Waals surface area contributed by atoms with Crippen molar-refractivity contribution in [1.29, 1.82) is 0 Å². The van der Waals surface area contributed by atoms with Crippen molar-refractivity contribution in [3.8, 4) is 41.8 Å². The zero-order valence-corrected chi connectivity index (χ0v) is 23.9. The van der Waals surface area contributed by atoms with Crippen LogP contribution in [-0.2, 0) is 6.42 Å². The van der Waals surface area contributed by atoms with Gasteiger partial charge in [0.2, 0.25) is 0 Å². The molecule has 0 spiro atoms. The first kappa shape index (κ1) is 25.3. The summed E-state index contributed by atoms with van der Waals surface area (Å²) in [5.41, 5.74) is 7.14. The first-order valence-corrected chi connectivity index (χ1v) is 14.8. The largest absolute Gasteiger partial charge is 0.206 e. The van der Waals surface area contributed by atoms with Gasteiger partial charge in [-0.3, -0.25) is 0 Å². The zero-order chi connectivity index (χ0) is 26.6. The van der Waals surface area contributed by atoms with Crippen LogP contribution in [0, 0.1) is 25.5 Å². The van der Waals surface area contributed by atoms with Gasteiger partial charge in [-0.25, -0.2) is 8.78 Å². The monoisotopic (exact) mass is 578 g/mol. The Kier molecular flexibility index (Phi) is 6.64. The van der Waals surface area contributed by atoms with Crippen LogP contribution >= 0.6 is 46.0 Å². The molecule has 190 valence electrons. The number of thiophene rings is 2. The van der Waals surface area contributed by atoms with Crippen molar-refractivity contribution in [1.82, 2.24) is 8.75 Å². The minimum Gasteiger partial charge on any atom is -0.206 e. The molecule has 6 aromatic rings. The topological polar surface area (TPSA) is 25.8 Å². The number of rotatable bonds is 5. The summed E-state index contributed by atoms with van der Waals surface area (Å²) in [5, 5.41) is 0.622. The highest BCUT2D eigenvalue weighted by molar-refractivity contribution is 7.19. The van der Waals surface area contributed by atoms with Crippen LogP contribution in [0.3, 0.4) is 0 Å². The van der Waals surface area contributed by atoms with Crippen LogP contribution in [0.25, 0.3) is 52.8 Å². The van der Waals surface area contributed by atoms with Crippen molar-refractivity contribution in [2.75, 3.05) is 0 Å². The maximum atomic E-state index is 14.7. The van der Waals surface area contributed by atoms with Gasteiger partial charge < -0.3 is 0 Å². The highest BCUT2D eigenvalue weighted by Gasteiger charge is 2.25. The van der Waals surface area contributed by atoms with E-state index in [0.29, 0.717) is 22.6 Å². The first-order chi connectivity index (χ1) is 18.4. The molecule has 0 radical (unpaired) electrons. The molecule has 0 fully saturated rings. The summed E-state index contributed by atoms with van der Waals surface area (Å²) in [7, 11) is 0. The molecule has 6 rings (SSSR count). The van der Waals surface area contributed by atoms with Crippen LogP contribution in [0.4, 0.5) is 8.78 Å². The Balaban J connectivity index is 1.50. The third-order valence-electron chi connectivity index (χ3n) is 6.59. The van der Waals surface area contributed by atoms with Crippen LogP contribution in [0.5, 0.6) is 0 Å². The van der Waals surface area contributed by atoms with Crippen molar-refractivity contribution < 1.29 is 8.78 Å². The summed E-state index contributed by atoms with van der Waals surface area (Å²) < 4.78 is 38.7. The number of hydrogen-bond acceptors (Lipinski definition) is 5. The Hall–Kier alpha value is -2.97. The van der Waals surface area contributed by atoms with Crippen molar-refractivity contribution in [2.24, 2.45) is 0 Å². The molecule has 3 aromatic heterocycles. The average molecular weight is 579 g/mol. The summed E-state index contributed by atoms with van der Waals surface area (Å²) >= 11 is 11.3. The van der Waals surface area contributed by atoms with Gasteiger partial charge in [0, 0.05) is 41.8 Å². The van der Waals surface area contributed by atoms with E-state index in [2.05, 4.69) is 15.7 Å². The Morgan fingerprint density at radius 1 is 0.684 bits per heavy atom. The van der Waals surface area contributed by atoms with Gasteiger partial charge >= 0.3 is 0 Å². The van der Waals surface area contributed by atoms with Crippen molar-refractivity contribution in [3.05, 3.63) is 94.0 Å². The number of nitrogens with zero attached hydrogens (tertiary/aromatic N) is 2. The molecule has 0 bridgehead atoms. The molecule has 0 unspecified atom stereocenters. The summed E-state index contributed by atoms with van der Waals surface area (Å²) in [5.74, 6) is -0.477. The molecule has 0 saturated carbocycles. The standard InChI is InChI=1S/C30H21ClF2N2S3/c1-4-17-26(24-11-9-22(36-24)18-7-5-15(2)13-20(18)32)29-30(35-38-34-29)27(28(17)31)25-12-10-23(37-25)19-8-6-16(3)14-21(19)33/h5-14H,4H2,1-3H3. The molecule has 0 atom stereocenters. The van der Waals surface area contributed by atoms with Crippen LogP contribution in [0.15, 0.2) is 60.7 Å². The minimum atomic E-state index is -0.243. The van der Waals surface area contributed by atoms with E-state index >= 15 is 0 Å². The highest BCUT2D eigenvalue weighted by Crippen LogP contribution is 2.48. The van der Waals surface area contributed by atoms with E-state index in [0.717, 1.165) is 70.1 Å². The fourth-order valence-corrected chi connectivity index (χ4v) is 7.95. The van der Waals surface area contributed by atoms with Crippen molar-refractivity contribution in [2.45, 2.75) is 27.2 Å². The molecule has 8 heteroatoms. The quantitative estimate of drug-likeness (QED) is 0.203. The average Bonchev–Trinajstić information content (AvgIpc) is 3.65. The molecule has 3 aromatic carbocycles. The predicted molar refractivity (Wildman–Crippen MR) is 159 cm³/mol. The fourth-order valence-electron chi connectivity index (χ4n) is 4.72. The third kappa shape index (κ3) is 4.28. The molecule has 3 heterocycles. The molecule has 0 N–H and O–H groups in total. The van der Waals surface area contributed by atoms with E-state index in [4.69, 9.17) is 11.6 Å². The van der Waals surface area contributed by atoms with E-state index in [-0.39, 0.29) is 11.6 Å². The molecule has 0 saturated heterocycles. The van der Waals surface area contributed by atoms with E-state index < -0.39 is 0 Å². The van der Waals surface area contributed by atoms with Gasteiger partial charge in [-0.1, -0.05) is 42.8 Å². The maximum absolute atomic E-state index is 14.7. The van der Waals surface area contributed by atoms with Crippen LogP contribution < -0.4 is 0 Å². The highest BCUT2D eigenvalue weighted by atomic mass is 35.5. The van der Waals surface area contributed by atoms with Gasteiger partial charge in [-0.15, -0.1) is 22.7 Å². The lowest BCUT2D eigenvalue weighted by molar-refractivity contribution is 0.630. The second kappa shape index (κ2) is 9.97. The van der Waals surface area contributed by atoms with Gasteiger partial charge in [0.05, 0.1) is 16.8 Å². The second-order valence-corrected chi connectivity index (χ2v) is 12.2. The smallest absolute Gasteiger partial charge is 0.132 e. The van der Waals surface area contributed by atoms with Crippen molar-refractivity contribution >= 4 is 57.0 Å². The van der Waals surface area contributed by atoms with Gasteiger partial charge in [0.15, 0.2) is 0 Å². The van der Waals surface area contributed by atoms with Crippen LogP contribution in [0.2, 0.25) is 5.02 Å². The molecule has 0 aliphatic rings. The molecular formula is C30H21ClF2N2S3. The van der Waals surface area contributed by atoms with Crippen LogP contribution in [-0.4, -0.2) is 8.75 Å². The summed E-state index contributed by atoms with van der Waals surface area (Å²) in [6, 6.07) is 18.4.